The molecule has 0 atom stereocenters. The maximum absolute atomic E-state index is 2.42. The minimum atomic E-state index is -0.103. The van der Waals surface area contributed by atoms with E-state index in [1.807, 2.05) is 0 Å². The molecule has 0 heterocycles. The molecule has 1 aliphatic carbocycles. The topological polar surface area (TPSA) is 3.24 Å². The normalized spacial score (nSPS) is 12.8. The molecule has 0 saturated heterocycles. The molecule has 0 N–H and O–H groups in total. The lowest BCUT2D eigenvalue weighted by Crippen LogP contribution is -2.16. The van der Waals surface area contributed by atoms with Gasteiger partial charge in [0.1, 0.15) is 0 Å². The van der Waals surface area contributed by atoms with Crippen molar-refractivity contribution in [1.29, 1.82) is 0 Å². The van der Waals surface area contributed by atoms with Crippen molar-refractivity contribution in [2.45, 2.75) is 19.3 Å². The lowest BCUT2D eigenvalue weighted by atomic mass is 9.82. The molecule has 0 amide bonds. The number of nitrogens with zero attached hydrogens (tertiary/aromatic N) is 1. The van der Waals surface area contributed by atoms with Gasteiger partial charge in [-0.2, -0.15) is 0 Å². The van der Waals surface area contributed by atoms with Crippen molar-refractivity contribution in [2.24, 2.45) is 0 Å². The average molecular weight is 690 g/mol. The van der Waals surface area contributed by atoms with E-state index >= 15 is 0 Å². The van der Waals surface area contributed by atoms with Crippen molar-refractivity contribution in [3.8, 4) is 44.5 Å². The fourth-order valence-electron chi connectivity index (χ4n) is 8.86. The van der Waals surface area contributed by atoms with Crippen molar-refractivity contribution < 1.29 is 0 Å². The largest absolute Gasteiger partial charge is 0.310 e. The second kappa shape index (κ2) is 12.8. The lowest BCUT2D eigenvalue weighted by molar-refractivity contribution is 0.660. The van der Waals surface area contributed by atoms with Crippen molar-refractivity contribution in [3.63, 3.8) is 0 Å². The fraction of sp³-hybridized carbons (Fsp3) is 0.0566. The van der Waals surface area contributed by atoms with Gasteiger partial charge < -0.3 is 4.90 Å². The van der Waals surface area contributed by atoms with E-state index in [1.165, 1.54) is 77.2 Å². The van der Waals surface area contributed by atoms with E-state index in [4.69, 9.17) is 0 Å². The van der Waals surface area contributed by atoms with Gasteiger partial charge in [-0.25, -0.2) is 0 Å². The predicted molar refractivity (Wildman–Crippen MR) is 230 cm³/mol. The third-order valence-corrected chi connectivity index (χ3v) is 11.4. The van der Waals surface area contributed by atoms with Gasteiger partial charge in [0.2, 0.25) is 0 Å². The van der Waals surface area contributed by atoms with Crippen molar-refractivity contribution in [1.82, 2.24) is 0 Å². The highest BCUT2D eigenvalue weighted by molar-refractivity contribution is 6.21. The Balaban J connectivity index is 1.17. The van der Waals surface area contributed by atoms with Gasteiger partial charge in [0.05, 0.1) is 0 Å². The number of hydrogen-bond donors (Lipinski definition) is 0. The molecule has 10 rings (SSSR count). The monoisotopic (exact) mass is 689 g/mol. The Morgan fingerprint density at radius 2 is 0.796 bits per heavy atom. The molecule has 1 aliphatic rings. The second-order valence-corrected chi connectivity index (χ2v) is 14.9. The molecule has 9 aromatic rings. The molecule has 0 radical (unpaired) electrons. The summed E-state index contributed by atoms with van der Waals surface area (Å²) < 4.78 is 0. The Hall–Kier alpha value is -6.70. The summed E-state index contributed by atoms with van der Waals surface area (Å²) in [5.41, 5.74) is 16.0. The summed E-state index contributed by atoms with van der Waals surface area (Å²) in [7, 11) is 0. The van der Waals surface area contributed by atoms with E-state index in [2.05, 4.69) is 219 Å². The number of hydrogen-bond acceptors (Lipinski definition) is 1. The second-order valence-electron chi connectivity index (χ2n) is 14.9. The van der Waals surface area contributed by atoms with Gasteiger partial charge in [0.15, 0.2) is 0 Å². The summed E-state index contributed by atoms with van der Waals surface area (Å²) in [5, 5.41) is 5.07. The molecule has 1 nitrogen and oxygen atoms in total. The number of rotatable bonds is 6. The average Bonchev–Trinajstić information content (AvgIpc) is 3.47. The van der Waals surface area contributed by atoms with Crippen LogP contribution in [0.15, 0.2) is 200 Å². The standard InChI is InChI=1S/C53H39N/c1-53(2)49-27-14-13-24-45(49)46-33-32-42(35-50(46)53)54(41-21-15-20-39(34-41)36-16-5-3-6-17-36)40-30-28-38(29-31-40)52-48-26-12-10-23-44(48)43-22-9-11-25-47(43)51(52)37-18-7-4-8-19-37/h3-35H,1-2H3. The number of fused-ring (bicyclic) bond motifs is 6. The van der Waals surface area contributed by atoms with Crippen LogP contribution in [0.1, 0.15) is 25.0 Å². The summed E-state index contributed by atoms with van der Waals surface area (Å²) in [5.74, 6) is 0. The van der Waals surface area contributed by atoms with Crippen LogP contribution in [-0.2, 0) is 5.41 Å². The molecule has 9 aromatic carbocycles. The van der Waals surface area contributed by atoms with Crippen molar-refractivity contribution in [3.05, 3.63) is 211 Å². The van der Waals surface area contributed by atoms with Gasteiger partial charge in [-0.05, 0) is 114 Å². The maximum Gasteiger partial charge on any atom is 0.0467 e. The molecule has 0 aliphatic heterocycles. The Bertz CT molecular complexity index is 2830. The molecule has 0 fully saturated rings. The molecule has 1 heteroatoms. The van der Waals surface area contributed by atoms with Crippen LogP contribution < -0.4 is 4.90 Å². The van der Waals surface area contributed by atoms with Gasteiger partial charge in [-0.1, -0.05) is 178 Å². The van der Waals surface area contributed by atoms with Gasteiger partial charge >= 0.3 is 0 Å². The van der Waals surface area contributed by atoms with Gasteiger partial charge in [0, 0.05) is 22.5 Å². The van der Waals surface area contributed by atoms with Crippen LogP contribution in [0.2, 0.25) is 0 Å². The zero-order chi connectivity index (χ0) is 36.2. The molecule has 0 spiro atoms. The van der Waals surface area contributed by atoms with E-state index in [-0.39, 0.29) is 5.41 Å². The third-order valence-electron chi connectivity index (χ3n) is 11.4. The zero-order valence-corrected chi connectivity index (χ0v) is 30.5. The van der Waals surface area contributed by atoms with Crippen molar-refractivity contribution >= 4 is 38.6 Å². The first-order chi connectivity index (χ1) is 26.6. The first-order valence-electron chi connectivity index (χ1n) is 18.9. The van der Waals surface area contributed by atoms with Crippen LogP contribution in [0.3, 0.4) is 0 Å². The number of benzene rings is 9. The smallest absolute Gasteiger partial charge is 0.0467 e. The highest BCUT2D eigenvalue weighted by atomic mass is 15.1. The van der Waals surface area contributed by atoms with Crippen LogP contribution >= 0.6 is 0 Å². The molecular formula is C53H39N. The summed E-state index contributed by atoms with van der Waals surface area (Å²) in [6.07, 6.45) is 0. The molecule has 0 bridgehead atoms. The summed E-state index contributed by atoms with van der Waals surface area (Å²) in [4.78, 5) is 2.42. The highest BCUT2D eigenvalue weighted by Gasteiger charge is 2.35. The van der Waals surface area contributed by atoms with E-state index in [1.54, 1.807) is 0 Å². The molecule has 0 aromatic heterocycles. The lowest BCUT2D eigenvalue weighted by Gasteiger charge is -2.29. The van der Waals surface area contributed by atoms with E-state index in [9.17, 15) is 0 Å². The van der Waals surface area contributed by atoms with Crippen LogP contribution in [0.25, 0.3) is 66.1 Å². The first kappa shape index (κ1) is 32.0. The highest BCUT2D eigenvalue weighted by Crippen LogP contribution is 2.51. The van der Waals surface area contributed by atoms with E-state index in [0.717, 1.165) is 17.1 Å². The van der Waals surface area contributed by atoms with Gasteiger partial charge in [-0.3, -0.25) is 0 Å². The van der Waals surface area contributed by atoms with E-state index in [0.29, 0.717) is 0 Å². The summed E-state index contributed by atoms with van der Waals surface area (Å²) in [6.45, 7) is 4.71. The van der Waals surface area contributed by atoms with E-state index < -0.39 is 0 Å². The van der Waals surface area contributed by atoms with Crippen LogP contribution in [0.5, 0.6) is 0 Å². The molecule has 54 heavy (non-hydrogen) atoms. The van der Waals surface area contributed by atoms with Crippen molar-refractivity contribution in [2.75, 3.05) is 4.90 Å². The van der Waals surface area contributed by atoms with Crippen LogP contribution in [0, 0.1) is 0 Å². The minimum Gasteiger partial charge on any atom is -0.310 e. The zero-order valence-electron chi connectivity index (χ0n) is 30.5. The molecular weight excluding hydrogens is 651 g/mol. The Morgan fingerprint density at radius 3 is 1.46 bits per heavy atom. The van der Waals surface area contributed by atoms with Gasteiger partial charge in [-0.15, -0.1) is 0 Å². The fourth-order valence-corrected chi connectivity index (χ4v) is 8.86. The molecule has 0 unspecified atom stereocenters. The summed E-state index contributed by atoms with van der Waals surface area (Å²) in [6, 6.07) is 73.3. The Labute approximate surface area is 317 Å². The Kier molecular flexibility index (Phi) is 7.56. The van der Waals surface area contributed by atoms with Crippen LogP contribution in [-0.4, -0.2) is 0 Å². The molecule has 0 saturated carbocycles. The third kappa shape index (κ3) is 5.16. The van der Waals surface area contributed by atoms with Gasteiger partial charge in [0.25, 0.3) is 0 Å². The molecule has 256 valence electrons. The maximum atomic E-state index is 2.42. The quantitative estimate of drug-likeness (QED) is 0.157. The minimum absolute atomic E-state index is 0.103. The van der Waals surface area contributed by atoms with Crippen LogP contribution in [0.4, 0.5) is 17.1 Å². The predicted octanol–water partition coefficient (Wildman–Crippen LogP) is 14.8. The number of anilines is 3. The summed E-state index contributed by atoms with van der Waals surface area (Å²) >= 11 is 0. The SMILES string of the molecule is CC1(C)c2ccccc2-c2ccc(N(c3ccc(-c4c(-c5ccccc5)c5ccccc5c5ccccc45)cc3)c3cccc(-c4ccccc4)c3)cc21. The Morgan fingerprint density at radius 1 is 0.315 bits per heavy atom. The first-order valence-corrected chi connectivity index (χ1v) is 18.9.